The number of anilines is 1. The summed E-state index contributed by atoms with van der Waals surface area (Å²) in [6.45, 7) is 9.54. The molecule has 2 N–H and O–H groups in total. The molecule has 2 rings (SSSR count). The topological polar surface area (TPSA) is 49.3 Å². The smallest absolute Gasteiger partial charge is 0.337 e. The van der Waals surface area contributed by atoms with Gasteiger partial charge in [-0.25, -0.2) is 9.18 Å². The van der Waals surface area contributed by atoms with E-state index in [2.05, 4.69) is 33.0 Å². The molecule has 0 saturated heterocycles. The number of carboxylic acid groups (broad SMARTS) is 1. The summed E-state index contributed by atoms with van der Waals surface area (Å²) in [4.78, 5) is 11.1. The molecule has 0 radical (unpaired) electrons. The molecule has 1 aliphatic carbocycles. The Hall–Kier alpha value is -1.58. The first-order chi connectivity index (χ1) is 8.68. The number of hydrogen-bond donors (Lipinski definition) is 2. The fraction of sp³-hybridized carbons (Fsp3) is 0.533. The van der Waals surface area contributed by atoms with E-state index in [-0.39, 0.29) is 16.4 Å². The van der Waals surface area contributed by atoms with Crippen LogP contribution in [-0.2, 0) is 0 Å². The summed E-state index contributed by atoms with van der Waals surface area (Å²) in [5, 5.41) is 12.2. The maximum absolute atomic E-state index is 13.1. The highest BCUT2D eigenvalue weighted by Gasteiger charge is 2.64. The van der Waals surface area contributed by atoms with Crippen LogP contribution in [0.25, 0.3) is 0 Å². The summed E-state index contributed by atoms with van der Waals surface area (Å²) in [5.74, 6) is -1.17. The van der Waals surface area contributed by atoms with Crippen LogP contribution in [0.3, 0.4) is 0 Å². The largest absolute Gasteiger partial charge is 0.478 e. The van der Waals surface area contributed by atoms with Gasteiger partial charge >= 0.3 is 5.97 Å². The minimum atomic E-state index is -1.11. The fourth-order valence-corrected chi connectivity index (χ4v) is 2.90. The van der Waals surface area contributed by atoms with Crippen LogP contribution in [0.4, 0.5) is 10.1 Å². The van der Waals surface area contributed by atoms with E-state index in [0.717, 1.165) is 6.07 Å². The maximum Gasteiger partial charge on any atom is 0.337 e. The van der Waals surface area contributed by atoms with Crippen LogP contribution < -0.4 is 5.32 Å². The van der Waals surface area contributed by atoms with E-state index in [9.17, 15) is 9.18 Å². The van der Waals surface area contributed by atoms with Gasteiger partial charge in [0.2, 0.25) is 0 Å². The number of nitrogens with one attached hydrogen (secondary N) is 1. The highest BCUT2D eigenvalue weighted by Crippen LogP contribution is 2.68. The Kier molecular flexibility index (Phi) is 3.07. The molecule has 0 amide bonds. The SMILES string of the molecule is CC1(C)C(CNc2ccc(F)cc2C(=O)O)C1(C)C. The van der Waals surface area contributed by atoms with Crippen molar-refractivity contribution in [3.05, 3.63) is 29.6 Å². The first-order valence-corrected chi connectivity index (χ1v) is 6.44. The molecule has 1 fully saturated rings. The van der Waals surface area contributed by atoms with Crippen molar-refractivity contribution in [2.45, 2.75) is 27.7 Å². The maximum atomic E-state index is 13.1. The van der Waals surface area contributed by atoms with Gasteiger partial charge in [-0.3, -0.25) is 0 Å². The molecule has 0 atom stereocenters. The van der Waals surface area contributed by atoms with Crippen LogP contribution in [0, 0.1) is 22.6 Å². The molecule has 0 aromatic heterocycles. The first-order valence-electron chi connectivity index (χ1n) is 6.44. The molecule has 1 saturated carbocycles. The predicted octanol–water partition coefficient (Wildman–Crippen LogP) is 3.62. The van der Waals surface area contributed by atoms with Gasteiger partial charge in [-0.05, 0) is 34.9 Å². The second kappa shape index (κ2) is 4.22. The molecule has 0 spiro atoms. The van der Waals surface area contributed by atoms with Crippen LogP contribution in [0.1, 0.15) is 38.1 Å². The molecule has 3 nitrogen and oxygen atoms in total. The van der Waals surface area contributed by atoms with Gasteiger partial charge in [0.25, 0.3) is 0 Å². The Morgan fingerprint density at radius 3 is 2.37 bits per heavy atom. The summed E-state index contributed by atoms with van der Waals surface area (Å²) in [6.07, 6.45) is 0. The van der Waals surface area contributed by atoms with E-state index in [1.807, 2.05) is 0 Å². The Morgan fingerprint density at radius 1 is 1.32 bits per heavy atom. The van der Waals surface area contributed by atoms with Crippen LogP contribution in [-0.4, -0.2) is 17.6 Å². The van der Waals surface area contributed by atoms with Crippen molar-refractivity contribution in [3.63, 3.8) is 0 Å². The van der Waals surface area contributed by atoms with E-state index >= 15 is 0 Å². The number of benzene rings is 1. The first kappa shape index (κ1) is 13.8. The summed E-state index contributed by atoms with van der Waals surface area (Å²) in [7, 11) is 0. The molecule has 1 aromatic rings. The minimum absolute atomic E-state index is 0.0173. The van der Waals surface area contributed by atoms with Crippen molar-refractivity contribution in [1.82, 2.24) is 0 Å². The molecular weight excluding hydrogens is 245 g/mol. The zero-order valence-electron chi connectivity index (χ0n) is 11.7. The Labute approximate surface area is 112 Å². The normalized spacial score (nSPS) is 20.1. The van der Waals surface area contributed by atoms with E-state index in [4.69, 9.17) is 5.11 Å². The molecular formula is C15H20FNO2. The van der Waals surface area contributed by atoms with Gasteiger partial charge in [0, 0.05) is 12.2 Å². The molecule has 0 unspecified atom stereocenters. The van der Waals surface area contributed by atoms with E-state index in [1.54, 1.807) is 0 Å². The van der Waals surface area contributed by atoms with Gasteiger partial charge in [-0.2, -0.15) is 0 Å². The van der Waals surface area contributed by atoms with Crippen LogP contribution in [0.2, 0.25) is 0 Å². The second-order valence-electron chi connectivity index (χ2n) is 6.37. The lowest BCUT2D eigenvalue weighted by Gasteiger charge is -2.10. The van der Waals surface area contributed by atoms with Crippen molar-refractivity contribution in [3.8, 4) is 0 Å². The summed E-state index contributed by atoms with van der Waals surface area (Å²) >= 11 is 0. The lowest BCUT2D eigenvalue weighted by Crippen LogP contribution is -2.12. The lowest BCUT2D eigenvalue weighted by atomic mass is 10.0. The molecule has 0 heterocycles. The van der Waals surface area contributed by atoms with Crippen molar-refractivity contribution in [1.29, 1.82) is 0 Å². The zero-order chi connectivity index (χ0) is 14.4. The van der Waals surface area contributed by atoms with Crippen molar-refractivity contribution in [2.24, 2.45) is 16.7 Å². The summed E-state index contributed by atoms with van der Waals surface area (Å²) < 4.78 is 13.1. The van der Waals surface area contributed by atoms with Gasteiger partial charge in [-0.15, -0.1) is 0 Å². The fourth-order valence-electron chi connectivity index (χ4n) is 2.90. The van der Waals surface area contributed by atoms with Gasteiger partial charge in [0.05, 0.1) is 5.56 Å². The third-order valence-corrected chi connectivity index (χ3v) is 5.03. The quantitative estimate of drug-likeness (QED) is 0.874. The molecule has 104 valence electrons. The molecule has 0 aliphatic heterocycles. The lowest BCUT2D eigenvalue weighted by molar-refractivity contribution is 0.0697. The van der Waals surface area contributed by atoms with Crippen molar-refractivity contribution >= 4 is 11.7 Å². The monoisotopic (exact) mass is 265 g/mol. The third kappa shape index (κ3) is 2.20. The highest BCUT2D eigenvalue weighted by molar-refractivity contribution is 5.94. The summed E-state index contributed by atoms with van der Waals surface area (Å²) in [5.41, 5.74) is 0.941. The molecule has 4 heteroatoms. The van der Waals surface area contributed by atoms with Crippen molar-refractivity contribution < 1.29 is 14.3 Å². The molecule has 0 bridgehead atoms. The van der Waals surface area contributed by atoms with E-state index < -0.39 is 11.8 Å². The van der Waals surface area contributed by atoms with Gasteiger partial charge < -0.3 is 10.4 Å². The molecule has 1 aromatic carbocycles. The average molecular weight is 265 g/mol. The summed E-state index contributed by atoms with van der Waals surface area (Å²) in [6, 6.07) is 3.81. The Bertz CT molecular complexity index is 509. The van der Waals surface area contributed by atoms with Crippen LogP contribution >= 0.6 is 0 Å². The van der Waals surface area contributed by atoms with Gasteiger partial charge in [0.15, 0.2) is 0 Å². The van der Waals surface area contributed by atoms with Crippen molar-refractivity contribution in [2.75, 3.05) is 11.9 Å². The number of carbonyl (C=O) groups is 1. The Morgan fingerprint density at radius 2 is 1.89 bits per heavy atom. The van der Waals surface area contributed by atoms with Crippen LogP contribution in [0.15, 0.2) is 18.2 Å². The molecule has 1 aliphatic rings. The van der Waals surface area contributed by atoms with Crippen LogP contribution in [0.5, 0.6) is 0 Å². The number of carboxylic acids is 1. The number of hydrogen-bond acceptors (Lipinski definition) is 2. The third-order valence-electron chi connectivity index (χ3n) is 5.03. The van der Waals surface area contributed by atoms with E-state index in [1.165, 1.54) is 12.1 Å². The average Bonchev–Trinajstić information content (AvgIpc) is 2.68. The minimum Gasteiger partial charge on any atom is -0.478 e. The highest BCUT2D eigenvalue weighted by atomic mass is 19.1. The zero-order valence-corrected chi connectivity index (χ0v) is 11.7. The Balaban J connectivity index is 2.11. The number of rotatable bonds is 4. The molecule has 19 heavy (non-hydrogen) atoms. The predicted molar refractivity (Wildman–Crippen MR) is 72.9 cm³/mol. The number of aromatic carboxylic acids is 1. The van der Waals surface area contributed by atoms with Gasteiger partial charge in [-0.1, -0.05) is 27.7 Å². The second-order valence-corrected chi connectivity index (χ2v) is 6.37. The standard InChI is InChI=1S/C15H20FNO2/c1-14(2)12(15(14,3)4)8-17-11-6-5-9(16)7-10(11)13(18)19/h5-7,12,17H,8H2,1-4H3,(H,18,19). The van der Waals surface area contributed by atoms with E-state index in [0.29, 0.717) is 18.2 Å². The number of halogens is 1. The van der Waals surface area contributed by atoms with Gasteiger partial charge in [0.1, 0.15) is 5.82 Å².